The van der Waals surface area contributed by atoms with Crippen molar-refractivity contribution in [2.24, 2.45) is 0 Å². The summed E-state index contributed by atoms with van der Waals surface area (Å²) in [7, 11) is 1.95. The zero-order valence-electron chi connectivity index (χ0n) is 14.2. The van der Waals surface area contributed by atoms with Gasteiger partial charge in [0.1, 0.15) is 17.2 Å². The maximum atomic E-state index is 12.1. The van der Waals surface area contributed by atoms with Crippen LogP contribution in [0, 0.1) is 0 Å². The third-order valence-electron chi connectivity index (χ3n) is 4.04. The van der Waals surface area contributed by atoms with Gasteiger partial charge in [0.25, 0.3) is 0 Å². The first kappa shape index (κ1) is 16.6. The van der Waals surface area contributed by atoms with Crippen LogP contribution in [0.1, 0.15) is 0 Å². The number of piperazine rings is 1. The SMILES string of the molecule is CN1CCN(c2ccc(Nc3nc(-c4cnccn4)cs3)nc2)C(=O)C1. The Balaban J connectivity index is 1.45. The molecule has 0 unspecified atom stereocenters. The summed E-state index contributed by atoms with van der Waals surface area (Å²) in [6, 6.07) is 3.75. The van der Waals surface area contributed by atoms with Crippen LogP contribution in [-0.2, 0) is 4.79 Å². The van der Waals surface area contributed by atoms with E-state index in [2.05, 4.69) is 25.3 Å². The summed E-state index contributed by atoms with van der Waals surface area (Å²) < 4.78 is 0. The Kier molecular flexibility index (Phi) is 4.55. The van der Waals surface area contributed by atoms with E-state index in [1.165, 1.54) is 11.3 Å². The van der Waals surface area contributed by atoms with Crippen molar-refractivity contribution in [3.63, 3.8) is 0 Å². The van der Waals surface area contributed by atoms with E-state index in [1.807, 2.05) is 29.5 Å². The molecule has 1 saturated heterocycles. The average molecular weight is 367 g/mol. The van der Waals surface area contributed by atoms with Crippen molar-refractivity contribution in [3.8, 4) is 11.4 Å². The fourth-order valence-corrected chi connectivity index (χ4v) is 3.38. The van der Waals surface area contributed by atoms with Crippen LogP contribution in [0.4, 0.5) is 16.6 Å². The van der Waals surface area contributed by atoms with Crippen LogP contribution < -0.4 is 10.2 Å². The van der Waals surface area contributed by atoms with E-state index in [0.29, 0.717) is 18.9 Å². The van der Waals surface area contributed by atoms with Gasteiger partial charge in [0.2, 0.25) is 5.91 Å². The van der Waals surface area contributed by atoms with Gasteiger partial charge in [0, 0.05) is 30.9 Å². The van der Waals surface area contributed by atoms with Crippen LogP contribution in [0.25, 0.3) is 11.4 Å². The zero-order valence-corrected chi connectivity index (χ0v) is 15.0. The molecule has 4 heterocycles. The predicted octanol–water partition coefficient (Wildman–Crippen LogP) is 2.02. The highest BCUT2D eigenvalue weighted by molar-refractivity contribution is 7.14. The van der Waals surface area contributed by atoms with Crippen molar-refractivity contribution in [1.29, 1.82) is 0 Å². The molecule has 1 aliphatic heterocycles. The summed E-state index contributed by atoms with van der Waals surface area (Å²) in [5.41, 5.74) is 2.31. The molecule has 0 aromatic carbocycles. The molecule has 9 heteroatoms. The van der Waals surface area contributed by atoms with Crippen molar-refractivity contribution in [2.75, 3.05) is 36.9 Å². The van der Waals surface area contributed by atoms with Crippen LogP contribution in [0.5, 0.6) is 0 Å². The number of anilines is 3. The van der Waals surface area contributed by atoms with Crippen molar-refractivity contribution in [2.45, 2.75) is 0 Å². The summed E-state index contributed by atoms with van der Waals surface area (Å²) >= 11 is 1.47. The number of nitrogens with zero attached hydrogens (tertiary/aromatic N) is 6. The second kappa shape index (κ2) is 7.14. The molecular weight excluding hydrogens is 350 g/mol. The van der Waals surface area contributed by atoms with E-state index < -0.39 is 0 Å². The first-order valence-electron chi connectivity index (χ1n) is 8.13. The molecule has 1 fully saturated rings. The van der Waals surface area contributed by atoms with Gasteiger partial charge >= 0.3 is 0 Å². The third-order valence-corrected chi connectivity index (χ3v) is 4.79. The second-order valence-corrected chi connectivity index (χ2v) is 6.80. The summed E-state index contributed by atoms with van der Waals surface area (Å²) in [4.78, 5) is 33.1. The molecule has 0 bridgehead atoms. The lowest BCUT2D eigenvalue weighted by Gasteiger charge is -2.31. The molecule has 1 amide bonds. The Morgan fingerprint density at radius 3 is 2.77 bits per heavy atom. The molecule has 0 spiro atoms. The maximum Gasteiger partial charge on any atom is 0.241 e. The first-order valence-corrected chi connectivity index (χ1v) is 9.01. The minimum Gasteiger partial charge on any atom is -0.316 e. The summed E-state index contributed by atoms with van der Waals surface area (Å²) in [5.74, 6) is 0.769. The molecule has 3 aromatic rings. The van der Waals surface area contributed by atoms with E-state index in [4.69, 9.17) is 0 Å². The molecule has 3 aromatic heterocycles. The maximum absolute atomic E-state index is 12.1. The largest absolute Gasteiger partial charge is 0.316 e. The lowest BCUT2D eigenvalue weighted by atomic mass is 10.2. The Labute approximate surface area is 154 Å². The number of thiazole rings is 1. The number of likely N-dealkylation sites (N-methyl/N-ethyl adjacent to an activating group) is 1. The highest BCUT2D eigenvalue weighted by atomic mass is 32.1. The van der Waals surface area contributed by atoms with Gasteiger partial charge in [-0.3, -0.25) is 19.7 Å². The molecular formula is C17H17N7OS. The normalized spacial score (nSPS) is 15.3. The van der Waals surface area contributed by atoms with Gasteiger partial charge in [-0.2, -0.15) is 0 Å². The summed E-state index contributed by atoms with van der Waals surface area (Å²) in [6.07, 6.45) is 6.66. The molecule has 132 valence electrons. The van der Waals surface area contributed by atoms with Crippen molar-refractivity contribution >= 4 is 33.9 Å². The van der Waals surface area contributed by atoms with E-state index in [9.17, 15) is 4.79 Å². The fraction of sp³-hybridized carbons (Fsp3) is 0.235. The third kappa shape index (κ3) is 3.53. The molecule has 0 radical (unpaired) electrons. The van der Waals surface area contributed by atoms with Gasteiger partial charge < -0.3 is 10.2 Å². The van der Waals surface area contributed by atoms with Crippen molar-refractivity contribution < 1.29 is 4.79 Å². The molecule has 4 rings (SSSR count). The van der Waals surface area contributed by atoms with Gasteiger partial charge in [-0.15, -0.1) is 11.3 Å². The van der Waals surface area contributed by atoms with Crippen molar-refractivity contribution in [1.82, 2.24) is 24.8 Å². The molecule has 0 aliphatic carbocycles. The summed E-state index contributed by atoms with van der Waals surface area (Å²) in [6.45, 7) is 1.97. The van der Waals surface area contributed by atoms with Crippen molar-refractivity contribution in [3.05, 3.63) is 42.3 Å². The molecule has 0 saturated carbocycles. The highest BCUT2D eigenvalue weighted by Crippen LogP contribution is 2.26. The van der Waals surface area contributed by atoms with Gasteiger partial charge in [0.15, 0.2) is 5.13 Å². The number of pyridine rings is 1. The number of hydrogen-bond acceptors (Lipinski definition) is 8. The minimum absolute atomic E-state index is 0.0924. The summed E-state index contributed by atoms with van der Waals surface area (Å²) in [5, 5.41) is 5.82. The lowest BCUT2D eigenvalue weighted by molar-refractivity contribution is -0.120. The van der Waals surface area contributed by atoms with E-state index in [0.717, 1.165) is 28.8 Å². The number of carbonyl (C=O) groups is 1. The Bertz CT molecular complexity index is 897. The zero-order chi connectivity index (χ0) is 17.9. The standard InChI is InChI=1S/C17H17N7OS/c1-23-6-7-24(16(25)10-23)12-2-3-15(20-8-12)22-17-21-14(11-26-17)13-9-18-4-5-19-13/h2-5,8-9,11H,6-7,10H2,1H3,(H,20,21,22). The molecule has 26 heavy (non-hydrogen) atoms. The Morgan fingerprint density at radius 1 is 1.12 bits per heavy atom. The molecule has 1 aliphatic rings. The van der Waals surface area contributed by atoms with Gasteiger partial charge in [-0.1, -0.05) is 0 Å². The highest BCUT2D eigenvalue weighted by Gasteiger charge is 2.22. The number of aromatic nitrogens is 4. The van der Waals surface area contributed by atoms with Crippen LogP contribution >= 0.6 is 11.3 Å². The molecule has 1 N–H and O–H groups in total. The van der Waals surface area contributed by atoms with Crippen LogP contribution in [0.15, 0.2) is 42.3 Å². The number of nitrogens with one attached hydrogen (secondary N) is 1. The quantitative estimate of drug-likeness (QED) is 0.755. The van der Waals surface area contributed by atoms with Crippen LogP contribution in [0.3, 0.4) is 0 Å². The molecule has 0 atom stereocenters. The Morgan fingerprint density at radius 2 is 2.04 bits per heavy atom. The Hall–Kier alpha value is -2.91. The van der Waals surface area contributed by atoms with Crippen LogP contribution in [0.2, 0.25) is 0 Å². The lowest BCUT2D eigenvalue weighted by Crippen LogP contribution is -2.48. The minimum atomic E-state index is 0.0924. The number of hydrogen-bond donors (Lipinski definition) is 1. The van der Waals surface area contributed by atoms with E-state index in [1.54, 1.807) is 29.7 Å². The number of rotatable bonds is 4. The smallest absolute Gasteiger partial charge is 0.241 e. The monoisotopic (exact) mass is 367 g/mol. The topological polar surface area (TPSA) is 87.1 Å². The number of amides is 1. The van der Waals surface area contributed by atoms with E-state index >= 15 is 0 Å². The van der Waals surface area contributed by atoms with E-state index in [-0.39, 0.29) is 5.91 Å². The first-order chi connectivity index (χ1) is 12.7. The molecule has 8 nitrogen and oxygen atoms in total. The van der Waals surface area contributed by atoms with Crippen LogP contribution in [-0.4, -0.2) is 57.4 Å². The number of carbonyl (C=O) groups excluding carboxylic acids is 1. The van der Waals surface area contributed by atoms with Gasteiger partial charge in [0.05, 0.1) is 24.6 Å². The van der Waals surface area contributed by atoms with Gasteiger partial charge in [-0.05, 0) is 19.2 Å². The predicted molar refractivity (Wildman–Crippen MR) is 101 cm³/mol. The fourth-order valence-electron chi connectivity index (χ4n) is 2.67. The van der Waals surface area contributed by atoms with Gasteiger partial charge in [-0.25, -0.2) is 9.97 Å². The second-order valence-electron chi connectivity index (χ2n) is 5.94. The average Bonchev–Trinajstić information content (AvgIpc) is 3.12.